The summed E-state index contributed by atoms with van der Waals surface area (Å²) >= 11 is 0. The Morgan fingerprint density at radius 2 is 0.942 bits per heavy atom. The largest absolute Gasteiger partial charge is 0.394 e. The standard InChI is InChI=1S/C55H99NO13/c1-3-5-7-9-11-13-15-17-18-19-20-21-22-23-24-25-26-27-29-31-33-35-37-39-47(60)56-43(44(59)38-36-34-32-30-28-16-14-12-10-8-6-4-2)42-66-54-52(65)50(63)53(46(41-58)68-54)69-55-51(64)49(62)48(61)45(40-57)67-55/h10,12,19-20,28,30,36,38,43-46,48-55,57-59,61-65H,3-9,11,13-18,21-27,29,31-35,37,39-42H2,1-2H3,(H,56,60)/b12-10+,20-19-,30-28+,38-36+. The number of rotatable bonds is 42. The molecule has 0 bridgehead atoms. The van der Waals surface area contributed by atoms with E-state index in [0.29, 0.717) is 12.8 Å². The van der Waals surface area contributed by atoms with E-state index in [-0.39, 0.29) is 18.9 Å². The molecule has 1 amide bonds. The van der Waals surface area contributed by atoms with E-state index in [1.165, 1.54) is 122 Å². The smallest absolute Gasteiger partial charge is 0.220 e. The minimum absolute atomic E-state index is 0.256. The molecule has 0 spiro atoms. The Morgan fingerprint density at radius 3 is 1.46 bits per heavy atom. The lowest BCUT2D eigenvalue weighted by Gasteiger charge is -2.46. The molecule has 69 heavy (non-hydrogen) atoms. The molecule has 2 aliphatic heterocycles. The summed E-state index contributed by atoms with van der Waals surface area (Å²) in [6.45, 7) is 2.71. The molecule has 0 aromatic carbocycles. The van der Waals surface area contributed by atoms with E-state index < -0.39 is 86.8 Å². The third-order valence-corrected chi connectivity index (χ3v) is 13.2. The summed E-state index contributed by atoms with van der Waals surface area (Å²) in [6.07, 6.45) is 33.1. The average Bonchev–Trinajstić information content (AvgIpc) is 3.35. The Hall–Kier alpha value is -2.05. The summed E-state index contributed by atoms with van der Waals surface area (Å²) in [4.78, 5) is 13.2. The molecule has 0 radical (unpaired) electrons. The zero-order valence-electron chi connectivity index (χ0n) is 42.8. The first kappa shape index (κ1) is 63.1. The molecule has 0 aromatic rings. The zero-order valence-corrected chi connectivity index (χ0v) is 42.8. The minimum Gasteiger partial charge on any atom is -0.394 e. The van der Waals surface area contributed by atoms with E-state index in [1.54, 1.807) is 6.08 Å². The van der Waals surface area contributed by atoms with E-state index >= 15 is 0 Å². The van der Waals surface area contributed by atoms with Crippen LogP contribution in [-0.4, -0.2) is 140 Å². The quantitative estimate of drug-likeness (QED) is 0.0209. The van der Waals surface area contributed by atoms with Crippen LogP contribution in [-0.2, 0) is 23.7 Å². The minimum atomic E-state index is -1.79. The van der Waals surface area contributed by atoms with Gasteiger partial charge in [-0.25, -0.2) is 0 Å². The number of ether oxygens (including phenoxy) is 4. The number of hydrogen-bond acceptors (Lipinski definition) is 13. The van der Waals surface area contributed by atoms with Crippen molar-refractivity contribution in [3.63, 3.8) is 0 Å². The van der Waals surface area contributed by atoms with Gasteiger partial charge in [0.1, 0.15) is 48.8 Å². The molecule has 9 N–H and O–H groups in total. The lowest BCUT2D eigenvalue weighted by Crippen LogP contribution is -2.65. The normalized spacial score (nSPS) is 26.5. The van der Waals surface area contributed by atoms with Gasteiger partial charge < -0.3 is 65.1 Å². The highest BCUT2D eigenvalue weighted by molar-refractivity contribution is 5.76. The van der Waals surface area contributed by atoms with Crippen molar-refractivity contribution in [2.45, 2.75) is 274 Å². The highest BCUT2D eigenvalue weighted by Gasteiger charge is 2.51. The summed E-state index contributed by atoms with van der Waals surface area (Å²) in [5.41, 5.74) is 0. The second-order valence-electron chi connectivity index (χ2n) is 19.3. The van der Waals surface area contributed by atoms with Crippen molar-refractivity contribution >= 4 is 5.91 Å². The summed E-state index contributed by atoms with van der Waals surface area (Å²) < 4.78 is 22.7. The van der Waals surface area contributed by atoms with Crippen molar-refractivity contribution < 1.29 is 64.6 Å². The highest BCUT2D eigenvalue weighted by Crippen LogP contribution is 2.30. The van der Waals surface area contributed by atoms with E-state index in [0.717, 1.165) is 44.9 Å². The Morgan fingerprint density at radius 1 is 0.507 bits per heavy atom. The molecule has 14 nitrogen and oxygen atoms in total. The summed E-state index contributed by atoms with van der Waals surface area (Å²) in [5, 5.41) is 86.7. The van der Waals surface area contributed by atoms with Gasteiger partial charge in [-0.1, -0.05) is 178 Å². The van der Waals surface area contributed by atoms with Crippen molar-refractivity contribution in [1.29, 1.82) is 0 Å². The van der Waals surface area contributed by atoms with Crippen LogP contribution in [0.1, 0.15) is 200 Å². The molecular formula is C55H99NO13. The SMILES string of the molecule is CCCC/C=C/CC/C=C/CC/C=C/C(O)C(COC1OC(CO)C(OC2OC(CO)C(O)C(O)C2O)C(O)C1O)NC(=O)CCCCCCCCCCCCC/C=C\CCCCCCCCCC. The number of carbonyl (C=O) groups excluding carboxylic acids is 1. The Labute approximate surface area is 416 Å². The molecule has 12 atom stereocenters. The lowest BCUT2D eigenvalue weighted by molar-refractivity contribution is -0.359. The number of aliphatic hydroxyl groups is 8. The highest BCUT2D eigenvalue weighted by atomic mass is 16.7. The second-order valence-corrected chi connectivity index (χ2v) is 19.3. The number of carbonyl (C=O) groups is 1. The fourth-order valence-electron chi connectivity index (χ4n) is 8.71. The molecule has 12 unspecified atom stereocenters. The van der Waals surface area contributed by atoms with Crippen LogP contribution in [0, 0.1) is 0 Å². The number of nitrogens with one attached hydrogen (secondary N) is 1. The van der Waals surface area contributed by atoms with Gasteiger partial charge >= 0.3 is 0 Å². The van der Waals surface area contributed by atoms with Crippen LogP contribution >= 0.6 is 0 Å². The van der Waals surface area contributed by atoms with Crippen LogP contribution < -0.4 is 5.32 Å². The first-order valence-corrected chi connectivity index (χ1v) is 27.4. The number of amides is 1. The first-order chi connectivity index (χ1) is 33.6. The fourth-order valence-corrected chi connectivity index (χ4v) is 8.71. The number of unbranched alkanes of at least 4 members (excludes halogenated alkanes) is 23. The Bertz CT molecular complexity index is 1340. The van der Waals surface area contributed by atoms with E-state index in [2.05, 4.69) is 55.6 Å². The van der Waals surface area contributed by atoms with E-state index in [1.807, 2.05) is 6.08 Å². The second kappa shape index (κ2) is 41.4. The van der Waals surface area contributed by atoms with Crippen molar-refractivity contribution in [2.75, 3.05) is 19.8 Å². The number of aliphatic hydroxyl groups excluding tert-OH is 8. The molecule has 2 rings (SSSR count). The van der Waals surface area contributed by atoms with Crippen LogP contribution in [0.2, 0.25) is 0 Å². The molecule has 2 aliphatic rings. The molecule has 2 saturated heterocycles. The average molecular weight is 982 g/mol. The predicted octanol–water partition coefficient (Wildman–Crippen LogP) is 8.05. The van der Waals surface area contributed by atoms with Gasteiger partial charge in [-0.15, -0.1) is 0 Å². The predicted molar refractivity (Wildman–Crippen MR) is 272 cm³/mol. The van der Waals surface area contributed by atoms with Crippen LogP contribution in [0.3, 0.4) is 0 Å². The van der Waals surface area contributed by atoms with Gasteiger partial charge in [0, 0.05) is 6.42 Å². The Balaban J connectivity index is 1.77. The van der Waals surface area contributed by atoms with Crippen LogP contribution in [0.4, 0.5) is 0 Å². The van der Waals surface area contributed by atoms with Crippen LogP contribution in [0.25, 0.3) is 0 Å². The molecule has 0 aromatic heterocycles. The van der Waals surface area contributed by atoms with Crippen LogP contribution in [0.15, 0.2) is 48.6 Å². The van der Waals surface area contributed by atoms with Crippen molar-refractivity contribution in [2.24, 2.45) is 0 Å². The molecular weight excluding hydrogens is 883 g/mol. The maximum absolute atomic E-state index is 13.2. The molecule has 0 saturated carbocycles. The van der Waals surface area contributed by atoms with E-state index in [9.17, 15) is 45.6 Å². The van der Waals surface area contributed by atoms with Gasteiger partial charge in [-0.05, 0) is 64.2 Å². The van der Waals surface area contributed by atoms with Crippen molar-refractivity contribution in [3.05, 3.63) is 48.6 Å². The third-order valence-electron chi connectivity index (χ3n) is 13.2. The summed E-state index contributed by atoms with van der Waals surface area (Å²) in [6, 6.07) is -0.937. The van der Waals surface area contributed by atoms with Gasteiger partial charge in [0.15, 0.2) is 12.6 Å². The van der Waals surface area contributed by atoms with Gasteiger partial charge in [0.25, 0.3) is 0 Å². The van der Waals surface area contributed by atoms with Gasteiger partial charge in [0.05, 0.1) is 32.0 Å². The van der Waals surface area contributed by atoms with Crippen molar-refractivity contribution in [3.8, 4) is 0 Å². The first-order valence-electron chi connectivity index (χ1n) is 27.4. The fraction of sp³-hybridized carbons (Fsp3) is 0.836. The number of hydrogen-bond donors (Lipinski definition) is 9. The molecule has 402 valence electrons. The van der Waals surface area contributed by atoms with Crippen molar-refractivity contribution in [1.82, 2.24) is 5.32 Å². The topological polar surface area (TPSA) is 228 Å². The molecule has 2 fully saturated rings. The summed E-state index contributed by atoms with van der Waals surface area (Å²) in [7, 11) is 0. The van der Waals surface area contributed by atoms with Gasteiger partial charge in [-0.3, -0.25) is 4.79 Å². The monoisotopic (exact) mass is 982 g/mol. The van der Waals surface area contributed by atoms with Gasteiger partial charge in [0.2, 0.25) is 5.91 Å². The molecule has 2 heterocycles. The number of allylic oxidation sites excluding steroid dienone is 7. The maximum Gasteiger partial charge on any atom is 0.220 e. The van der Waals surface area contributed by atoms with Gasteiger partial charge in [-0.2, -0.15) is 0 Å². The maximum atomic E-state index is 13.2. The lowest BCUT2D eigenvalue weighted by atomic mass is 9.97. The Kier molecular flexibility index (Phi) is 37.9. The van der Waals surface area contributed by atoms with Crippen LogP contribution in [0.5, 0.6) is 0 Å². The summed E-state index contributed by atoms with van der Waals surface area (Å²) in [5.74, 6) is -0.256. The third kappa shape index (κ3) is 28.1. The zero-order chi connectivity index (χ0) is 50.3. The molecule has 0 aliphatic carbocycles. The van der Waals surface area contributed by atoms with E-state index in [4.69, 9.17) is 18.9 Å². The molecule has 14 heteroatoms.